The molecule has 1 aromatic carbocycles. The van der Waals surface area contributed by atoms with Crippen LogP contribution in [0.25, 0.3) is 28.0 Å². The summed E-state index contributed by atoms with van der Waals surface area (Å²) in [6.07, 6.45) is 5.30. The Labute approximate surface area is 136 Å². The van der Waals surface area contributed by atoms with Gasteiger partial charge in [-0.25, -0.2) is 4.98 Å². The first-order valence-electron chi connectivity index (χ1n) is 6.93. The van der Waals surface area contributed by atoms with Crippen LogP contribution in [-0.4, -0.2) is 19.6 Å². The Hall–Kier alpha value is -3.10. The number of hydrogen-bond acceptors (Lipinski definition) is 3. The van der Waals surface area contributed by atoms with E-state index in [4.69, 9.17) is 16.9 Å². The number of aromatic nitrogens is 4. The highest BCUT2D eigenvalue weighted by molar-refractivity contribution is 6.30. The molecule has 0 saturated heterocycles. The van der Waals surface area contributed by atoms with Gasteiger partial charge in [0.05, 0.1) is 11.9 Å². The highest BCUT2D eigenvalue weighted by Gasteiger charge is 2.12. The van der Waals surface area contributed by atoms with Gasteiger partial charge in [-0.15, -0.1) is 0 Å². The summed E-state index contributed by atoms with van der Waals surface area (Å²) in [6.45, 7) is 0. The first-order chi connectivity index (χ1) is 11.3. The van der Waals surface area contributed by atoms with Gasteiger partial charge < -0.3 is 0 Å². The summed E-state index contributed by atoms with van der Waals surface area (Å²) in [7, 11) is 0. The number of nitrogens with one attached hydrogen (secondary N) is 1. The number of H-pyrrole nitrogens is 1. The van der Waals surface area contributed by atoms with Crippen LogP contribution in [0.5, 0.6) is 0 Å². The molecule has 0 bridgehead atoms. The van der Waals surface area contributed by atoms with Gasteiger partial charge in [0.25, 0.3) is 0 Å². The third-order valence-corrected chi connectivity index (χ3v) is 3.94. The van der Waals surface area contributed by atoms with Crippen LogP contribution in [0.4, 0.5) is 0 Å². The second-order valence-electron chi connectivity index (χ2n) is 5.06. The zero-order chi connectivity index (χ0) is 15.8. The molecular weight excluding hydrogens is 310 g/mol. The summed E-state index contributed by atoms with van der Waals surface area (Å²) in [4.78, 5) is 4.20. The molecule has 110 valence electrons. The molecule has 0 aliphatic heterocycles. The molecule has 0 aliphatic carbocycles. The van der Waals surface area contributed by atoms with Crippen molar-refractivity contribution in [2.45, 2.75) is 0 Å². The van der Waals surface area contributed by atoms with Crippen molar-refractivity contribution in [1.29, 1.82) is 5.26 Å². The lowest BCUT2D eigenvalue weighted by Crippen LogP contribution is -1.90. The summed E-state index contributed by atoms with van der Waals surface area (Å²) < 4.78 is 1.77. The predicted molar refractivity (Wildman–Crippen MR) is 87.9 cm³/mol. The van der Waals surface area contributed by atoms with Gasteiger partial charge in [0.1, 0.15) is 17.4 Å². The summed E-state index contributed by atoms with van der Waals surface area (Å²) in [5, 5.41) is 17.1. The Bertz CT molecular complexity index is 1040. The van der Waals surface area contributed by atoms with Crippen molar-refractivity contribution < 1.29 is 0 Å². The first kappa shape index (κ1) is 13.6. The molecule has 3 heterocycles. The molecular formula is C17H10ClN5. The quantitative estimate of drug-likeness (QED) is 0.609. The fourth-order valence-electron chi connectivity index (χ4n) is 2.56. The average Bonchev–Trinajstić information content (AvgIpc) is 3.21. The van der Waals surface area contributed by atoms with E-state index in [2.05, 4.69) is 21.3 Å². The molecule has 0 unspecified atom stereocenters. The summed E-state index contributed by atoms with van der Waals surface area (Å²) in [5.41, 5.74) is 4.94. The number of pyridine rings is 1. The van der Waals surface area contributed by atoms with Crippen molar-refractivity contribution in [3.63, 3.8) is 0 Å². The molecule has 0 fully saturated rings. The Morgan fingerprint density at radius 3 is 2.65 bits per heavy atom. The molecule has 0 aliphatic rings. The van der Waals surface area contributed by atoms with Crippen molar-refractivity contribution in [3.05, 3.63) is 65.7 Å². The van der Waals surface area contributed by atoms with E-state index in [1.54, 1.807) is 10.6 Å². The third kappa shape index (κ3) is 2.26. The molecule has 23 heavy (non-hydrogen) atoms. The molecule has 4 rings (SSSR count). The molecule has 0 spiro atoms. The second-order valence-corrected chi connectivity index (χ2v) is 5.49. The summed E-state index contributed by atoms with van der Waals surface area (Å²) >= 11 is 5.95. The molecule has 3 aromatic heterocycles. The lowest BCUT2D eigenvalue weighted by atomic mass is 10.0. The number of hydrogen-bond donors (Lipinski definition) is 1. The Morgan fingerprint density at radius 1 is 1.09 bits per heavy atom. The molecule has 0 atom stereocenters. The van der Waals surface area contributed by atoms with Crippen LogP contribution in [0, 0.1) is 11.3 Å². The smallest absolute Gasteiger partial charge is 0.144 e. The van der Waals surface area contributed by atoms with E-state index in [9.17, 15) is 0 Å². The van der Waals surface area contributed by atoms with Gasteiger partial charge in [-0.3, -0.25) is 9.50 Å². The monoisotopic (exact) mass is 319 g/mol. The number of benzene rings is 1. The van der Waals surface area contributed by atoms with Crippen LogP contribution in [0.15, 0.2) is 55.0 Å². The topological polar surface area (TPSA) is 69.8 Å². The molecule has 4 aromatic rings. The molecule has 6 heteroatoms. The first-order valence-corrected chi connectivity index (χ1v) is 7.31. The molecule has 5 nitrogen and oxygen atoms in total. The minimum absolute atomic E-state index is 0.499. The van der Waals surface area contributed by atoms with E-state index in [0.29, 0.717) is 10.7 Å². The van der Waals surface area contributed by atoms with E-state index in [-0.39, 0.29) is 0 Å². The van der Waals surface area contributed by atoms with Crippen LogP contribution in [0.2, 0.25) is 5.02 Å². The predicted octanol–water partition coefficient (Wildman–Crippen LogP) is 3.92. The van der Waals surface area contributed by atoms with E-state index < -0.39 is 0 Å². The van der Waals surface area contributed by atoms with Crippen LogP contribution in [-0.2, 0) is 0 Å². The second kappa shape index (κ2) is 5.27. The van der Waals surface area contributed by atoms with Crippen LogP contribution >= 0.6 is 11.6 Å². The van der Waals surface area contributed by atoms with Crippen LogP contribution in [0.1, 0.15) is 5.69 Å². The van der Waals surface area contributed by atoms with Crippen molar-refractivity contribution in [3.8, 4) is 28.5 Å². The van der Waals surface area contributed by atoms with Crippen molar-refractivity contribution >= 4 is 17.2 Å². The molecule has 1 N–H and O–H groups in total. The lowest BCUT2D eigenvalue weighted by molar-refractivity contribution is 1.10. The summed E-state index contributed by atoms with van der Waals surface area (Å²) in [6, 6.07) is 13.5. The van der Waals surface area contributed by atoms with Crippen LogP contribution in [0.3, 0.4) is 0 Å². The van der Waals surface area contributed by atoms with E-state index in [0.717, 1.165) is 28.0 Å². The highest BCUT2D eigenvalue weighted by atomic mass is 35.5. The number of nitrogens with zero attached hydrogens (tertiary/aromatic N) is 4. The number of imidazole rings is 1. The number of fused-ring (bicyclic) bond motifs is 1. The minimum atomic E-state index is 0.499. The standard InChI is InChI=1S/C17H10ClN5/c18-13-4-1-11(2-5-13)17-15(9-21-22-17)12-3-6-16-20-8-14(7-19)23(16)10-12/h1-6,8-10H,(H,21,22). The van der Waals surface area contributed by atoms with Gasteiger partial charge in [0.15, 0.2) is 0 Å². The fraction of sp³-hybridized carbons (Fsp3) is 0. The number of nitriles is 1. The number of rotatable bonds is 2. The third-order valence-electron chi connectivity index (χ3n) is 3.69. The average molecular weight is 320 g/mol. The van der Waals surface area contributed by atoms with Gasteiger partial charge in [-0.1, -0.05) is 23.7 Å². The minimum Gasteiger partial charge on any atom is -0.291 e. The normalized spacial score (nSPS) is 10.8. The fourth-order valence-corrected chi connectivity index (χ4v) is 2.69. The lowest BCUT2D eigenvalue weighted by Gasteiger charge is -2.04. The zero-order valence-corrected chi connectivity index (χ0v) is 12.6. The largest absolute Gasteiger partial charge is 0.291 e. The number of aromatic amines is 1. The molecule has 0 radical (unpaired) electrons. The zero-order valence-electron chi connectivity index (χ0n) is 11.9. The van der Waals surface area contributed by atoms with Crippen molar-refractivity contribution in [2.24, 2.45) is 0 Å². The highest BCUT2D eigenvalue weighted by Crippen LogP contribution is 2.31. The van der Waals surface area contributed by atoms with E-state index in [1.807, 2.05) is 48.8 Å². The Morgan fingerprint density at radius 2 is 1.87 bits per heavy atom. The van der Waals surface area contributed by atoms with E-state index in [1.165, 1.54) is 0 Å². The summed E-state index contributed by atoms with van der Waals surface area (Å²) in [5.74, 6) is 0. The van der Waals surface area contributed by atoms with Gasteiger partial charge in [-0.05, 0) is 24.3 Å². The Balaban J connectivity index is 1.87. The van der Waals surface area contributed by atoms with Gasteiger partial charge in [-0.2, -0.15) is 10.4 Å². The van der Waals surface area contributed by atoms with Gasteiger partial charge >= 0.3 is 0 Å². The van der Waals surface area contributed by atoms with Crippen molar-refractivity contribution in [2.75, 3.05) is 0 Å². The number of halogens is 1. The van der Waals surface area contributed by atoms with Gasteiger partial charge in [0, 0.05) is 34.1 Å². The van der Waals surface area contributed by atoms with E-state index >= 15 is 0 Å². The Kier molecular flexibility index (Phi) is 3.11. The van der Waals surface area contributed by atoms with Gasteiger partial charge in [0.2, 0.25) is 0 Å². The van der Waals surface area contributed by atoms with Crippen molar-refractivity contribution in [1.82, 2.24) is 19.6 Å². The van der Waals surface area contributed by atoms with Crippen LogP contribution < -0.4 is 0 Å². The maximum atomic E-state index is 9.16. The molecule has 0 saturated carbocycles. The maximum absolute atomic E-state index is 9.16. The molecule has 0 amide bonds. The SMILES string of the molecule is N#Cc1cnc2ccc(-c3c[nH]nc3-c3ccc(Cl)cc3)cn12. The maximum Gasteiger partial charge on any atom is 0.144 e.